The molecule has 182 valence electrons. The molecule has 1 aromatic heterocycles. The standard InChI is InChI=1S/C23H27N3O6S2/c27-21(24-16-4-1-2-5-16)12-26(11-18-6-3-9-33-18)23(29)14-34(30)13-22(28)25-17-7-8-19-20(10-17)32-15-31-19/h3,6-10,16H,1-2,4-5,11-15H2,(H,24,27)(H,25,28). The van der Waals surface area contributed by atoms with Crippen LogP contribution in [-0.4, -0.2) is 57.7 Å². The van der Waals surface area contributed by atoms with Crippen molar-refractivity contribution in [2.75, 3.05) is 30.2 Å². The lowest BCUT2D eigenvalue weighted by Gasteiger charge is -2.23. The maximum Gasteiger partial charge on any atom is 0.239 e. The molecule has 0 radical (unpaired) electrons. The van der Waals surface area contributed by atoms with Crippen LogP contribution in [0.15, 0.2) is 35.7 Å². The summed E-state index contributed by atoms with van der Waals surface area (Å²) in [4.78, 5) is 40.1. The zero-order valence-corrected chi connectivity index (χ0v) is 20.3. The van der Waals surface area contributed by atoms with Crippen LogP contribution in [0, 0.1) is 0 Å². The molecule has 2 heterocycles. The molecule has 2 N–H and O–H groups in total. The van der Waals surface area contributed by atoms with E-state index in [1.54, 1.807) is 18.2 Å². The molecular formula is C23H27N3O6S2. The van der Waals surface area contributed by atoms with Crippen molar-refractivity contribution in [3.05, 3.63) is 40.6 Å². The van der Waals surface area contributed by atoms with E-state index in [0.717, 1.165) is 30.6 Å². The molecule has 2 aliphatic rings. The Hall–Kier alpha value is -2.92. The van der Waals surface area contributed by atoms with Gasteiger partial charge in [0.15, 0.2) is 11.5 Å². The SMILES string of the molecule is O=C(CS(=O)CC(=O)N(CC(=O)NC1CCCC1)Cc1cccs1)Nc1ccc2c(c1)OCO2. The minimum atomic E-state index is -1.73. The molecule has 0 saturated heterocycles. The van der Waals surface area contributed by atoms with Crippen molar-refractivity contribution >= 4 is 45.5 Å². The molecule has 1 unspecified atom stereocenters. The topological polar surface area (TPSA) is 114 Å². The summed E-state index contributed by atoms with van der Waals surface area (Å²) >= 11 is 1.48. The van der Waals surface area contributed by atoms with Crippen molar-refractivity contribution < 1.29 is 28.1 Å². The lowest BCUT2D eigenvalue weighted by molar-refractivity contribution is -0.134. The first-order valence-corrected chi connectivity index (χ1v) is 13.5. The van der Waals surface area contributed by atoms with Crippen LogP contribution >= 0.6 is 11.3 Å². The number of benzene rings is 1. The van der Waals surface area contributed by atoms with E-state index in [0.29, 0.717) is 17.2 Å². The van der Waals surface area contributed by atoms with Crippen LogP contribution in [0.3, 0.4) is 0 Å². The summed E-state index contributed by atoms with van der Waals surface area (Å²) in [6, 6.07) is 8.87. The second kappa shape index (κ2) is 11.5. The number of hydrogen-bond acceptors (Lipinski definition) is 7. The van der Waals surface area contributed by atoms with Gasteiger partial charge >= 0.3 is 0 Å². The van der Waals surface area contributed by atoms with Crippen molar-refractivity contribution in [3.8, 4) is 11.5 Å². The second-order valence-electron chi connectivity index (χ2n) is 8.22. The van der Waals surface area contributed by atoms with Gasteiger partial charge in [-0.15, -0.1) is 11.3 Å². The zero-order chi connectivity index (χ0) is 23.9. The summed E-state index contributed by atoms with van der Waals surface area (Å²) in [5, 5.41) is 7.54. The zero-order valence-electron chi connectivity index (χ0n) is 18.6. The van der Waals surface area contributed by atoms with Crippen molar-refractivity contribution in [2.24, 2.45) is 0 Å². The van der Waals surface area contributed by atoms with Crippen molar-refractivity contribution in [1.82, 2.24) is 10.2 Å². The van der Waals surface area contributed by atoms with Gasteiger partial charge in [-0.3, -0.25) is 18.6 Å². The predicted octanol–water partition coefficient (Wildman–Crippen LogP) is 2.25. The number of fused-ring (bicyclic) bond motifs is 1. The monoisotopic (exact) mass is 505 g/mol. The number of anilines is 1. The third kappa shape index (κ3) is 6.80. The van der Waals surface area contributed by atoms with E-state index in [2.05, 4.69) is 10.6 Å². The highest BCUT2D eigenvalue weighted by Gasteiger charge is 2.24. The van der Waals surface area contributed by atoms with Crippen molar-refractivity contribution in [1.29, 1.82) is 0 Å². The van der Waals surface area contributed by atoms with Crippen LogP contribution in [0.5, 0.6) is 11.5 Å². The molecular weight excluding hydrogens is 478 g/mol. The highest BCUT2D eigenvalue weighted by Crippen LogP contribution is 2.34. The number of carbonyl (C=O) groups is 3. The third-order valence-electron chi connectivity index (χ3n) is 5.57. The van der Waals surface area contributed by atoms with E-state index in [1.165, 1.54) is 16.2 Å². The Balaban J connectivity index is 1.30. The van der Waals surface area contributed by atoms with Gasteiger partial charge in [0.05, 0.1) is 13.1 Å². The highest BCUT2D eigenvalue weighted by molar-refractivity contribution is 7.86. The average Bonchev–Trinajstić information content (AvgIpc) is 3.55. The van der Waals surface area contributed by atoms with Gasteiger partial charge in [0, 0.05) is 33.5 Å². The van der Waals surface area contributed by atoms with Crippen LogP contribution in [0.25, 0.3) is 0 Å². The molecule has 4 rings (SSSR count). The summed E-state index contributed by atoms with van der Waals surface area (Å²) < 4.78 is 23.1. The Kier molecular flexibility index (Phi) is 8.17. The first kappa shape index (κ1) is 24.2. The number of carbonyl (C=O) groups excluding carboxylic acids is 3. The van der Waals surface area contributed by atoms with Crippen LogP contribution < -0.4 is 20.1 Å². The summed E-state index contributed by atoms with van der Waals surface area (Å²) in [5.41, 5.74) is 0.487. The highest BCUT2D eigenvalue weighted by atomic mass is 32.2. The van der Waals surface area contributed by atoms with Crippen molar-refractivity contribution in [2.45, 2.75) is 38.3 Å². The maximum absolute atomic E-state index is 12.9. The maximum atomic E-state index is 12.9. The fourth-order valence-corrected chi connectivity index (χ4v) is 5.58. The van der Waals surface area contributed by atoms with Gasteiger partial charge in [-0.05, 0) is 36.4 Å². The number of thiophene rings is 1. The van der Waals surface area contributed by atoms with Gasteiger partial charge in [0.25, 0.3) is 0 Å². The summed E-state index contributed by atoms with van der Waals surface area (Å²) in [6.07, 6.45) is 4.09. The van der Waals surface area contributed by atoms with E-state index in [9.17, 15) is 18.6 Å². The predicted molar refractivity (Wildman–Crippen MR) is 129 cm³/mol. The van der Waals surface area contributed by atoms with Gasteiger partial charge in [-0.25, -0.2) is 0 Å². The molecule has 1 aliphatic heterocycles. The van der Waals surface area contributed by atoms with Crippen LogP contribution in [-0.2, 0) is 31.7 Å². The molecule has 3 amide bonds. The Morgan fingerprint density at radius 2 is 1.85 bits per heavy atom. The van der Waals surface area contributed by atoms with Gasteiger partial charge < -0.3 is 25.0 Å². The van der Waals surface area contributed by atoms with Gasteiger partial charge in [0.2, 0.25) is 24.5 Å². The molecule has 1 fully saturated rings. The van der Waals surface area contributed by atoms with E-state index >= 15 is 0 Å². The first-order chi connectivity index (χ1) is 16.5. The first-order valence-electron chi connectivity index (χ1n) is 11.1. The van der Waals surface area contributed by atoms with Gasteiger partial charge in [-0.1, -0.05) is 18.9 Å². The van der Waals surface area contributed by atoms with Gasteiger partial charge in [-0.2, -0.15) is 0 Å². The normalized spacial score (nSPS) is 15.6. The Labute approximate surface area is 204 Å². The number of amides is 3. The van der Waals surface area contributed by atoms with Gasteiger partial charge in [0.1, 0.15) is 11.5 Å². The Morgan fingerprint density at radius 3 is 2.62 bits per heavy atom. The average molecular weight is 506 g/mol. The fraction of sp³-hybridized carbons (Fsp3) is 0.435. The fourth-order valence-electron chi connectivity index (χ4n) is 3.94. The Bertz CT molecular complexity index is 1050. The smallest absolute Gasteiger partial charge is 0.239 e. The molecule has 0 spiro atoms. The molecule has 1 aromatic carbocycles. The molecule has 2 aromatic rings. The lowest BCUT2D eigenvalue weighted by Crippen LogP contribution is -2.44. The number of ether oxygens (including phenoxy) is 2. The van der Waals surface area contributed by atoms with Crippen molar-refractivity contribution in [3.63, 3.8) is 0 Å². The van der Waals surface area contributed by atoms with E-state index in [-0.39, 0.29) is 43.3 Å². The molecule has 34 heavy (non-hydrogen) atoms. The quantitative estimate of drug-likeness (QED) is 0.512. The minimum absolute atomic E-state index is 0.103. The van der Waals surface area contributed by atoms with Crippen LogP contribution in [0.2, 0.25) is 0 Å². The number of nitrogens with one attached hydrogen (secondary N) is 2. The third-order valence-corrected chi connectivity index (χ3v) is 7.58. The number of nitrogens with zero attached hydrogens (tertiary/aromatic N) is 1. The summed E-state index contributed by atoms with van der Waals surface area (Å²) in [7, 11) is -1.73. The minimum Gasteiger partial charge on any atom is -0.454 e. The number of hydrogen-bond donors (Lipinski definition) is 2. The molecule has 1 atom stereocenters. The van der Waals surface area contributed by atoms with Crippen LogP contribution in [0.4, 0.5) is 5.69 Å². The molecule has 11 heteroatoms. The van der Waals surface area contributed by atoms with E-state index < -0.39 is 22.6 Å². The molecule has 1 aliphatic carbocycles. The Morgan fingerprint density at radius 1 is 1.06 bits per heavy atom. The second-order valence-corrected chi connectivity index (χ2v) is 10.7. The molecule has 9 nitrogen and oxygen atoms in total. The summed E-state index contributed by atoms with van der Waals surface area (Å²) in [6.45, 7) is 0.280. The molecule has 0 bridgehead atoms. The van der Waals surface area contributed by atoms with E-state index in [1.807, 2.05) is 17.5 Å². The summed E-state index contributed by atoms with van der Waals surface area (Å²) in [5.74, 6) is -0.678. The van der Waals surface area contributed by atoms with Crippen LogP contribution in [0.1, 0.15) is 30.6 Å². The largest absolute Gasteiger partial charge is 0.454 e. The van der Waals surface area contributed by atoms with E-state index in [4.69, 9.17) is 9.47 Å². The number of rotatable bonds is 10. The lowest BCUT2D eigenvalue weighted by atomic mass is 10.2. The molecule has 1 saturated carbocycles.